The fourth-order valence-corrected chi connectivity index (χ4v) is 2.78. The number of carbonyl (C=O) groups excluding carboxylic acids is 3. The van der Waals surface area contributed by atoms with Gasteiger partial charge in [0, 0.05) is 19.8 Å². The first-order chi connectivity index (χ1) is 16.4. The number of aliphatic hydroxyl groups is 1. The molecule has 3 radical (unpaired) electrons. The summed E-state index contributed by atoms with van der Waals surface area (Å²) < 4.78 is 10.1. The summed E-state index contributed by atoms with van der Waals surface area (Å²) in [6.07, 6.45) is 0.558. The van der Waals surface area contributed by atoms with E-state index < -0.39 is 0 Å². The molecule has 10 heteroatoms. The van der Waals surface area contributed by atoms with Crippen LogP contribution in [-0.4, -0.2) is 31.6 Å². The van der Waals surface area contributed by atoms with Gasteiger partial charge in [0.1, 0.15) is 12.4 Å². The van der Waals surface area contributed by atoms with Crippen LogP contribution >= 0.6 is 0 Å². The number of benzene rings is 2. The van der Waals surface area contributed by atoms with Gasteiger partial charge in [-0.05, 0) is 62.4 Å². The molecule has 2 heterocycles. The summed E-state index contributed by atoms with van der Waals surface area (Å²) in [6, 6.07) is 20.9. The first kappa shape index (κ1) is 30.7. The average Bonchev–Trinajstić information content (AvgIpc) is 3.52. The van der Waals surface area contributed by atoms with Gasteiger partial charge >= 0.3 is 29.6 Å². The first-order valence-corrected chi connectivity index (χ1v) is 10.4. The van der Waals surface area contributed by atoms with Crippen LogP contribution in [-0.2, 0) is 6.61 Å². The zero-order chi connectivity index (χ0) is 24.5. The van der Waals surface area contributed by atoms with Gasteiger partial charge in [-0.3, -0.25) is 14.4 Å². The molecule has 0 aliphatic carbocycles. The van der Waals surface area contributed by atoms with Gasteiger partial charge in [-0.2, -0.15) is 0 Å². The maximum atomic E-state index is 11.7. The van der Waals surface area contributed by atoms with Gasteiger partial charge < -0.3 is 26.0 Å². The molecule has 0 atom stereocenters. The molecule has 8 nitrogen and oxygen atoms in total. The Bertz CT molecular complexity index is 1270. The molecule has 2 aromatic carbocycles. The molecule has 4 rings (SSSR count). The van der Waals surface area contributed by atoms with Crippen molar-refractivity contribution in [3.8, 4) is 0 Å². The second kappa shape index (κ2) is 14.9. The molecule has 0 bridgehead atoms. The minimum atomic E-state index is -0.373. The van der Waals surface area contributed by atoms with E-state index in [1.807, 2.05) is 50.2 Å². The van der Waals surface area contributed by atoms with Crippen molar-refractivity contribution in [3.05, 3.63) is 107 Å². The van der Waals surface area contributed by atoms with Crippen molar-refractivity contribution in [2.24, 2.45) is 0 Å². The molecule has 0 fully saturated rings. The molecule has 2 amide bonds. The summed E-state index contributed by atoms with van der Waals surface area (Å²) in [6.45, 7) is 3.73. The molecule has 3 N–H and O–H groups in total. The van der Waals surface area contributed by atoms with Crippen LogP contribution in [0.3, 0.4) is 0 Å². The quantitative estimate of drug-likeness (QED) is 0.277. The number of aliphatic hydroxyl groups excluding tert-OH is 1. The van der Waals surface area contributed by atoms with Crippen molar-refractivity contribution >= 4 is 37.9 Å². The van der Waals surface area contributed by atoms with E-state index in [2.05, 4.69) is 10.6 Å². The van der Waals surface area contributed by atoms with E-state index in [9.17, 15) is 14.4 Å². The van der Waals surface area contributed by atoms with Crippen molar-refractivity contribution in [2.75, 3.05) is 10.6 Å². The van der Waals surface area contributed by atoms with E-state index in [-0.39, 0.29) is 75.1 Å². The maximum Gasteiger partial charge on any atom is 1.00 e. The molecule has 0 saturated heterocycles. The molecule has 36 heavy (non-hydrogen) atoms. The molecule has 0 saturated carbocycles. The summed E-state index contributed by atoms with van der Waals surface area (Å²) >= 11 is 0. The van der Waals surface area contributed by atoms with E-state index in [0.29, 0.717) is 23.4 Å². The Kier molecular flexibility index (Phi) is 12.7. The van der Waals surface area contributed by atoms with E-state index in [0.717, 1.165) is 11.1 Å². The number of hydrogen-bond donors (Lipinski definition) is 3. The largest absolute Gasteiger partial charge is 1.00 e. The molecule has 0 aliphatic heterocycles. The average molecular weight is 495 g/mol. The Labute approximate surface area is 234 Å². The monoisotopic (exact) mass is 495 g/mol. The van der Waals surface area contributed by atoms with Crippen molar-refractivity contribution in [1.82, 2.24) is 0 Å². The maximum absolute atomic E-state index is 11.7. The predicted molar refractivity (Wildman–Crippen MR) is 134 cm³/mol. The van der Waals surface area contributed by atoms with Gasteiger partial charge in [0.05, 0.1) is 0 Å². The minimum Gasteiger partial charge on any atom is -1.00 e. The van der Waals surface area contributed by atoms with Crippen molar-refractivity contribution in [1.29, 1.82) is 0 Å². The van der Waals surface area contributed by atoms with Gasteiger partial charge in [-0.1, -0.05) is 35.4 Å². The smallest absolute Gasteiger partial charge is 1.00 e. The van der Waals surface area contributed by atoms with Crippen molar-refractivity contribution in [2.45, 2.75) is 20.5 Å². The number of furan rings is 2. The van der Waals surface area contributed by atoms with Gasteiger partial charge in [0.2, 0.25) is 0 Å². The molecule has 2 aromatic heterocycles. The normalized spacial score (nSPS) is 9.53. The van der Waals surface area contributed by atoms with Crippen molar-refractivity contribution in [3.63, 3.8) is 0 Å². The van der Waals surface area contributed by atoms with Crippen LogP contribution in [0.2, 0.25) is 0 Å². The summed E-state index contributed by atoms with van der Waals surface area (Å²) in [7, 11) is 0. The summed E-state index contributed by atoms with van der Waals surface area (Å²) in [4.78, 5) is 33.9. The molecule has 0 spiro atoms. The van der Waals surface area contributed by atoms with Gasteiger partial charge in [0.15, 0.2) is 23.6 Å². The third-order valence-electron chi connectivity index (χ3n) is 4.63. The zero-order valence-corrected chi connectivity index (χ0v) is 22.3. The Balaban J connectivity index is 0.000000648. The zero-order valence-electron chi connectivity index (χ0n) is 21.3. The third kappa shape index (κ3) is 9.01. The topological polar surface area (TPSA) is 122 Å². The second-order valence-electron chi connectivity index (χ2n) is 7.38. The van der Waals surface area contributed by atoms with E-state index >= 15 is 0 Å². The number of hydrogen-bond acceptors (Lipinski definition) is 6. The fourth-order valence-electron chi connectivity index (χ4n) is 2.78. The molecule has 4 aromatic rings. The van der Waals surface area contributed by atoms with Crippen LogP contribution in [0.25, 0.3) is 0 Å². The number of carbonyl (C=O) groups is 3. The standard InChI is InChI=1S/C13H13NO3.C13H11NO3.B.Na.H/c2*1-9-2-4-10(5-3-9)14-13(16)12-7-6-11(8-15)17-12;;;/h2-7,15H,8H2,1H3,(H,14,16);2-8H,1H3,(H,14,16);;;/q;;;+1;-1. The number of aldehydes is 1. The minimum absolute atomic E-state index is 0. The Morgan fingerprint density at radius 2 is 1.22 bits per heavy atom. The third-order valence-corrected chi connectivity index (χ3v) is 4.63. The van der Waals surface area contributed by atoms with Gasteiger partial charge in [0.25, 0.3) is 11.8 Å². The Hall–Kier alpha value is -3.37. The SMILES string of the molecule is Cc1ccc(NC(=O)c2ccc(C=O)o2)cc1.Cc1ccc(NC(=O)c2ccc(CO)o2)cc1.[B].[H-].[Na+]. The molecule has 179 valence electrons. The van der Waals surface area contributed by atoms with E-state index in [1.165, 1.54) is 18.2 Å². The van der Waals surface area contributed by atoms with Crippen molar-refractivity contribution < 1.29 is 59.3 Å². The molecule has 0 unspecified atom stereocenters. The van der Waals surface area contributed by atoms with Crippen LogP contribution in [0.5, 0.6) is 0 Å². The summed E-state index contributed by atoms with van der Waals surface area (Å²) in [5.41, 5.74) is 3.64. The summed E-state index contributed by atoms with van der Waals surface area (Å²) in [5.74, 6) is 0.121. The van der Waals surface area contributed by atoms with Crippen LogP contribution in [0.1, 0.15) is 50.0 Å². The van der Waals surface area contributed by atoms with E-state index in [4.69, 9.17) is 13.9 Å². The Morgan fingerprint density at radius 1 is 0.778 bits per heavy atom. The van der Waals surface area contributed by atoms with Gasteiger partial charge in [-0.15, -0.1) is 0 Å². The van der Waals surface area contributed by atoms with Gasteiger partial charge in [-0.25, -0.2) is 0 Å². The van der Waals surface area contributed by atoms with Crippen LogP contribution in [0.15, 0.2) is 81.6 Å². The first-order valence-electron chi connectivity index (χ1n) is 10.4. The number of rotatable bonds is 6. The fraction of sp³-hybridized carbons (Fsp3) is 0.115. The van der Waals surface area contributed by atoms with Crippen LogP contribution in [0, 0.1) is 13.8 Å². The molecular formula is C26H25BN2NaO6. The molecular weight excluding hydrogens is 470 g/mol. The number of anilines is 2. The molecule has 0 aliphatic rings. The number of nitrogens with one attached hydrogen (secondary N) is 2. The predicted octanol–water partition coefficient (Wildman–Crippen LogP) is 1.72. The Morgan fingerprint density at radius 3 is 1.61 bits per heavy atom. The number of aryl methyl sites for hydroxylation is 2. The number of amides is 2. The second-order valence-corrected chi connectivity index (χ2v) is 7.38. The summed E-state index contributed by atoms with van der Waals surface area (Å²) in [5, 5.41) is 14.2. The van der Waals surface area contributed by atoms with E-state index in [1.54, 1.807) is 18.2 Å². The van der Waals surface area contributed by atoms with Crippen LogP contribution in [0.4, 0.5) is 11.4 Å². The van der Waals surface area contributed by atoms with Crippen LogP contribution < -0.4 is 40.2 Å².